The molecule has 9 nitrogen and oxygen atoms in total. The Balaban J connectivity index is 1.55. The molecule has 0 saturated heterocycles. The third-order valence-corrected chi connectivity index (χ3v) is 5.28. The second-order valence-electron chi connectivity index (χ2n) is 7.37. The molecule has 0 radical (unpaired) electrons. The number of rotatable bonds is 11. The molecule has 1 aromatic heterocycles. The molecule has 3 rings (SSSR count). The van der Waals surface area contributed by atoms with Gasteiger partial charge in [-0.15, -0.1) is 0 Å². The summed E-state index contributed by atoms with van der Waals surface area (Å²) in [7, 11) is -2.85. The Kier molecular flexibility index (Phi) is 8.68. The number of carbonyl (C=O) groups excluding carboxylic acids is 1. The average Bonchev–Trinajstić information content (AvgIpc) is 2.82. The summed E-state index contributed by atoms with van der Waals surface area (Å²) < 4.78 is 67.9. The molecular formula is C23H23F2N3O6S. The van der Waals surface area contributed by atoms with Crippen LogP contribution in [0.15, 0.2) is 54.7 Å². The topological polar surface area (TPSA) is 127 Å². The van der Waals surface area contributed by atoms with Crippen molar-refractivity contribution in [3.8, 4) is 17.4 Å². The lowest BCUT2D eigenvalue weighted by Crippen LogP contribution is -2.29. The molecule has 0 bridgehead atoms. The molecule has 0 aliphatic heterocycles. The van der Waals surface area contributed by atoms with Crippen LogP contribution >= 0.6 is 0 Å². The summed E-state index contributed by atoms with van der Waals surface area (Å²) in [5.41, 5.74) is 1.39. The molecule has 0 aliphatic carbocycles. The largest absolute Gasteiger partial charge is 0.493 e. The Hall–Kier alpha value is -3.61. The molecule has 0 spiro atoms. The molecule has 0 fully saturated rings. The molecule has 186 valence electrons. The number of hydrogen-bond acceptors (Lipinski definition) is 7. The van der Waals surface area contributed by atoms with Crippen LogP contribution < -0.4 is 20.1 Å². The maximum atomic E-state index is 13.7. The Labute approximate surface area is 200 Å². The Morgan fingerprint density at radius 2 is 1.89 bits per heavy atom. The molecule has 0 unspecified atom stereocenters. The zero-order chi connectivity index (χ0) is 25.4. The lowest BCUT2D eigenvalue weighted by atomic mass is 10.1. The monoisotopic (exact) mass is 507 g/mol. The number of pyridine rings is 1. The van der Waals surface area contributed by atoms with Crippen LogP contribution in [0.1, 0.15) is 21.5 Å². The van der Waals surface area contributed by atoms with Gasteiger partial charge in [-0.05, 0) is 48.4 Å². The van der Waals surface area contributed by atoms with E-state index in [-0.39, 0.29) is 11.4 Å². The van der Waals surface area contributed by atoms with Crippen LogP contribution in [-0.2, 0) is 23.1 Å². The van der Waals surface area contributed by atoms with Crippen LogP contribution in [0.3, 0.4) is 0 Å². The molecular weight excluding hydrogens is 484 g/mol. The predicted molar refractivity (Wildman–Crippen MR) is 123 cm³/mol. The van der Waals surface area contributed by atoms with Crippen molar-refractivity contribution < 1.29 is 36.0 Å². The van der Waals surface area contributed by atoms with E-state index >= 15 is 0 Å². The van der Waals surface area contributed by atoms with Gasteiger partial charge in [0.15, 0.2) is 11.5 Å². The van der Waals surface area contributed by atoms with Gasteiger partial charge in [0, 0.05) is 24.9 Å². The minimum absolute atomic E-state index is 0.0786. The van der Waals surface area contributed by atoms with Crippen LogP contribution in [0.5, 0.6) is 17.4 Å². The third kappa shape index (κ3) is 7.98. The molecule has 3 aromatic rings. The molecule has 1 heterocycles. The van der Waals surface area contributed by atoms with E-state index in [1.807, 2.05) is 0 Å². The first kappa shape index (κ1) is 26.0. The van der Waals surface area contributed by atoms with Crippen molar-refractivity contribution in [1.82, 2.24) is 15.6 Å². The third-order valence-electron chi connectivity index (χ3n) is 4.77. The van der Waals surface area contributed by atoms with Crippen LogP contribution in [0, 0.1) is 11.6 Å². The van der Waals surface area contributed by atoms with Crippen LogP contribution in [-0.4, -0.2) is 43.4 Å². The van der Waals surface area contributed by atoms with Gasteiger partial charge in [-0.1, -0.05) is 12.1 Å². The molecule has 35 heavy (non-hydrogen) atoms. The lowest BCUT2D eigenvalue weighted by molar-refractivity contribution is 0.0958. The Bertz CT molecular complexity index is 1290. The van der Waals surface area contributed by atoms with Crippen LogP contribution in [0.25, 0.3) is 0 Å². The van der Waals surface area contributed by atoms with E-state index in [4.69, 9.17) is 14.0 Å². The Morgan fingerprint density at radius 1 is 1.09 bits per heavy atom. The minimum atomic E-state index is -4.33. The first-order valence-electron chi connectivity index (χ1n) is 10.3. The minimum Gasteiger partial charge on any atom is -0.493 e. The van der Waals surface area contributed by atoms with Crippen LogP contribution in [0.4, 0.5) is 8.78 Å². The Morgan fingerprint density at radius 3 is 2.54 bits per heavy atom. The molecule has 2 aromatic carbocycles. The maximum absolute atomic E-state index is 13.7. The normalized spacial score (nSPS) is 11.2. The van der Waals surface area contributed by atoms with Crippen molar-refractivity contribution in [2.45, 2.75) is 13.0 Å². The van der Waals surface area contributed by atoms with Gasteiger partial charge >= 0.3 is 0 Å². The van der Waals surface area contributed by atoms with Crippen molar-refractivity contribution in [2.75, 3.05) is 19.5 Å². The van der Waals surface area contributed by atoms with Gasteiger partial charge in [0.05, 0.1) is 12.7 Å². The fourth-order valence-electron chi connectivity index (χ4n) is 3.03. The highest BCUT2D eigenvalue weighted by atomic mass is 32.2. The molecule has 12 heteroatoms. The zero-order valence-corrected chi connectivity index (χ0v) is 19.4. The first-order valence-corrected chi connectivity index (χ1v) is 11.9. The number of hydrogen-bond donors (Lipinski definition) is 3. The van der Waals surface area contributed by atoms with E-state index < -0.39 is 33.5 Å². The summed E-state index contributed by atoms with van der Waals surface area (Å²) in [4.78, 5) is 15.9. The predicted octanol–water partition coefficient (Wildman–Crippen LogP) is 3.07. The number of methoxy groups -OCH3 is 1. The van der Waals surface area contributed by atoms with Gasteiger partial charge in [0.2, 0.25) is 5.88 Å². The van der Waals surface area contributed by atoms with E-state index in [9.17, 15) is 22.0 Å². The summed E-state index contributed by atoms with van der Waals surface area (Å²) in [5.74, 6) is -1.84. The SMILES string of the molecule is COc1cc(CNCCc2ccc(F)cc2F)ccc1Oc1ccc(C(=O)NCS(=O)(=O)O)cn1. The summed E-state index contributed by atoms with van der Waals surface area (Å²) in [6, 6.07) is 11.6. The van der Waals surface area contributed by atoms with Gasteiger partial charge < -0.3 is 20.1 Å². The highest BCUT2D eigenvalue weighted by molar-refractivity contribution is 7.85. The molecule has 3 N–H and O–H groups in total. The van der Waals surface area contributed by atoms with Gasteiger partial charge in [-0.3, -0.25) is 9.35 Å². The summed E-state index contributed by atoms with van der Waals surface area (Å²) in [6.07, 6.45) is 1.60. The maximum Gasteiger partial charge on any atom is 0.283 e. The van der Waals surface area contributed by atoms with Crippen LogP contribution in [0.2, 0.25) is 0 Å². The van der Waals surface area contributed by atoms with E-state index in [2.05, 4.69) is 15.6 Å². The molecule has 1 amide bonds. The number of carbonyl (C=O) groups is 1. The van der Waals surface area contributed by atoms with Gasteiger partial charge in [0.25, 0.3) is 16.0 Å². The van der Waals surface area contributed by atoms with Crippen molar-refractivity contribution >= 4 is 16.0 Å². The standard InChI is InChI=1S/C23H23F2N3O6S/c1-33-21-10-15(12-26-9-8-16-3-5-18(24)11-19(16)25)2-6-20(21)34-22-7-4-17(13-27-22)23(29)28-14-35(30,31)32/h2-7,10-11,13,26H,8-9,12,14H2,1H3,(H,28,29)(H,30,31,32). The fourth-order valence-corrected chi connectivity index (χ4v) is 3.35. The second kappa shape index (κ2) is 11.7. The van der Waals surface area contributed by atoms with Gasteiger partial charge in [-0.2, -0.15) is 8.42 Å². The number of aromatic nitrogens is 1. The summed E-state index contributed by atoms with van der Waals surface area (Å²) in [5, 5.41) is 5.24. The van der Waals surface area contributed by atoms with Crippen molar-refractivity contribution in [3.63, 3.8) is 0 Å². The number of nitrogens with one attached hydrogen (secondary N) is 2. The van der Waals surface area contributed by atoms with Gasteiger partial charge in [-0.25, -0.2) is 13.8 Å². The number of ether oxygens (including phenoxy) is 2. The highest BCUT2D eigenvalue weighted by Crippen LogP contribution is 2.31. The second-order valence-corrected chi connectivity index (χ2v) is 8.82. The van der Waals surface area contributed by atoms with Crippen molar-refractivity contribution in [2.24, 2.45) is 0 Å². The fraction of sp³-hybridized carbons (Fsp3) is 0.217. The number of amides is 1. The molecule has 0 aliphatic rings. The van der Waals surface area contributed by atoms with Crippen molar-refractivity contribution in [3.05, 3.63) is 83.1 Å². The van der Waals surface area contributed by atoms with E-state index in [0.29, 0.717) is 36.6 Å². The zero-order valence-electron chi connectivity index (χ0n) is 18.6. The summed E-state index contributed by atoms with van der Waals surface area (Å²) >= 11 is 0. The van der Waals surface area contributed by atoms with Crippen molar-refractivity contribution in [1.29, 1.82) is 0 Å². The van der Waals surface area contributed by atoms with E-state index in [1.165, 1.54) is 37.6 Å². The average molecular weight is 508 g/mol. The molecule has 0 saturated carbocycles. The number of nitrogens with zero attached hydrogens (tertiary/aromatic N) is 1. The number of halogens is 2. The lowest BCUT2D eigenvalue weighted by Gasteiger charge is -2.12. The summed E-state index contributed by atoms with van der Waals surface area (Å²) in [6.45, 7) is 0.961. The first-order chi connectivity index (χ1) is 16.6. The van der Waals surface area contributed by atoms with Gasteiger partial charge in [0.1, 0.15) is 17.5 Å². The smallest absolute Gasteiger partial charge is 0.283 e. The quantitative estimate of drug-likeness (QED) is 0.267. The van der Waals surface area contributed by atoms with E-state index in [0.717, 1.165) is 11.6 Å². The highest BCUT2D eigenvalue weighted by Gasteiger charge is 2.12. The number of benzene rings is 2. The molecule has 0 atom stereocenters. The van der Waals surface area contributed by atoms with E-state index in [1.54, 1.807) is 18.2 Å².